The van der Waals surface area contributed by atoms with Gasteiger partial charge in [0.25, 0.3) is 0 Å². The molecule has 3 heterocycles. The molecule has 0 aromatic rings. The summed E-state index contributed by atoms with van der Waals surface area (Å²) >= 11 is 0. The number of aliphatic hydroxyl groups excluding tert-OH is 11. The van der Waals surface area contributed by atoms with Crippen LogP contribution in [0.2, 0.25) is 0 Å². The van der Waals surface area contributed by atoms with Crippen LogP contribution in [-0.2, 0) is 33.2 Å². The summed E-state index contributed by atoms with van der Waals surface area (Å²) in [5.74, 6) is -0.284. The maximum atomic E-state index is 13.4. The Bertz CT molecular complexity index is 2010. The van der Waals surface area contributed by atoms with E-state index in [-0.39, 0.29) is 18.9 Å². The molecule has 1 amide bonds. The molecule has 90 heavy (non-hydrogen) atoms. The number of ether oxygens (including phenoxy) is 6. The van der Waals surface area contributed by atoms with Crippen LogP contribution in [0.15, 0.2) is 97.2 Å². The highest BCUT2D eigenvalue weighted by Gasteiger charge is 2.53. The molecule has 0 aromatic carbocycles. The normalized spacial score (nSPS) is 28.7. The molecule has 0 radical (unpaired) electrons. The first-order valence-electron chi connectivity index (χ1n) is 34.5. The number of unbranched alkanes of at least 4 members (excludes halogenated alkanes) is 21. The Balaban J connectivity index is 1.37. The lowest BCUT2D eigenvalue weighted by Gasteiger charge is -2.48. The van der Waals surface area contributed by atoms with Crippen LogP contribution >= 0.6 is 0 Å². The number of nitrogens with one attached hydrogen (secondary N) is 1. The van der Waals surface area contributed by atoms with Crippen molar-refractivity contribution in [2.24, 2.45) is 0 Å². The third-order valence-electron chi connectivity index (χ3n) is 16.6. The van der Waals surface area contributed by atoms with Gasteiger partial charge in [-0.1, -0.05) is 227 Å². The quantitative estimate of drug-likeness (QED) is 0.0200. The number of aliphatic hydroxyl groups is 11. The Labute approximate surface area is 539 Å². The first kappa shape index (κ1) is 80.9. The smallest absolute Gasteiger partial charge is 0.220 e. The van der Waals surface area contributed by atoms with Crippen molar-refractivity contribution < 1.29 is 89.4 Å². The Morgan fingerprint density at radius 3 is 1.20 bits per heavy atom. The minimum Gasteiger partial charge on any atom is -0.394 e. The maximum absolute atomic E-state index is 13.4. The fraction of sp³-hybridized carbons (Fsp3) is 0.761. The SMILES string of the molecule is CC/C=C\C/C=C\C/C=C\C/C=C\C/C=C\C/C=C\C/C=C\CCCCCCCCCCCCCC(=O)NC(COC1OC(CO)C(OC2OC(CO)C(OC3OC(CO)C(O)C(O)C3O)C(O)C2O)C(O)C1O)C(O)/C=C/CCCCCCCCCCCC. The lowest BCUT2D eigenvalue weighted by Crippen LogP contribution is -2.66. The Hall–Kier alpha value is -3.29. The van der Waals surface area contributed by atoms with Crippen molar-refractivity contribution in [2.45, 2.75) is 317 Å². The summed E-state index contributed by atoms with van der Waals surface area (Å²) < 4.78 is 34.3. The topological polar surface area (TPSA) is 307 Å². The van der Waals surface area contributed by atoms with Crippen LogP contribution in [0.5, 0.6) is 0 Å². The average molecular weight is 1280 g/mol. The van der Waals surface area contributed by atoms with Gasteiger partial charge in [-0.15, -0.1) is 0 Å². The van der Waals surface area contributed by atoms with Crippen LogP contribution in [0, 0.1) is 0 Å². The number of hydrogen-bond donors (Lipinski definition) is 12. The number of hydrogen-bond acceptors (Lipinski definition) is 18. The van der Waals surface area contributed by atoms with Crippen molar-refractivity contribution >= 4 is 5.91 Å². The predicted octanol–water partition coefficient (Wildman–Crippen LogP) is 8.88. The molecule has 3 aliphatic heterocycles. The average Bonchev–Trinajstić information content (AvgIpc) is 0.864. The van der Waals surface area contributed by atoms with Crippen LogP contribution in [0.3, 0.4) is 0 Å². The van der Waals surface area contributed by atoms with Gasteiger partial charge >= 0.3 is 0 Å². The van der Waals surface area contributed by atoms with Crippen molar-refractivity contribution in [3.63, 3.8) is 0 Å². The van der Waals surface area contributed by atoms with Gasteiger partial charge in [-0.3, -0.25) is 4.79 Å². The predicted molar refractivity (Wildman–Crippen MR) is 351 cm³/mol. The second-order valence-corrected chi connectivity index (χ2v) is 24.3. The van der Waals surface area contributed by atoms with Gasteiger partial charge in [0, 0.05) is 6.42 Å². The second kappa shape index (κ2) is 52.0. The summed E-state index contributed by atoms with van der Waals surface area (Å²) in [5, 5.41) is 120. The largest absolute Gasteiger partial charge is 0.394 e. The Morgan fingerprint density at radius 1 is 0.411 bits per heavy atom. The van der Waals surface area contributed by atoms with Crippen molar-refractivity contribution in [1.82, 2.24) is 5.32 Å². The van der Waals surface area contributed by atoms with Crippen molar-refractivity contribution in [3.8, 4) is 0 Å². The van der Waals surface area contributed by atoms with E-state index in [4.69, 9.17) is 28.4 Å². The molecular formula is C71H121NO18. The Kier molecular flexibility index (Phi) is 46.8. The minimum absolute atomic E-state index is 0.234. The maximum Gasteiger partial charge on any atom is 0.220 e. The molecule has 3 aliphatic rings. The van der Waals surface area contributed by atoms with E-state index in [0.717, 1.165) is 103 Å². The third kappa shape index (κ3) is 33.7. The van der Waals surface area contributed by atoms with Gasteiger partial charge in [0.15, 0.2) is 18.9 Å². The molecule has 518 valence electrons. The van der Waals surface area contributed by atoms with Crippen LogP contribution in [0.4, 0.5) is 0 Å². The van der Waals surface area contributed by atoms with Crippen molar-refractivity contribution in [2.75, 3.05) is 26.4 Å². The zero-order valence-electron chi connectivity index (χ0n) is 54.6. The van der Waals surface area contributed by atoms with E-state index in [1.807, 2.05) is 6.08 Å². The molecule has 17 unspecified atom stereocenters. The zero-order valence-corrected chi connectivity index (χ0v) is 54.6. The van der Waals surface area contributed by atoms with Crippen LogP contribution in [0.25, 0.3) is 0 Å². The summed E-state index contributed by atoms with van der Waals surface area (Å²) in [7, 11) is 0. The number of rotatable bonds is 51. The fourth-order valence-electron chi connectivity index (χ4n) is 11.1. The molecule has 17 atom stereocenters. The van der Waals surface area contributed by atoms with Gasteiger partial charge in [-0.2, -0.15) is 0 Å². The standard InChI is InChI=1S/C71H121NO18/c1-3-5-7-9-11-13-15-17-18-19-20-21-22-23-24-25-26-27-28-29-30-31-32-33-34-35-36-37-39-41-43-45-47-49-59(77)72-54(55(76)48-46-44-42-40-38-16-14-12-10-8-6-4-2)53-85-69-65(83)62(80)67(57(51-74)87-69)90-71-66(84)63(81)68(58(52-75)88-71)89-70-64(82)61(79)60(78)56(50-73)86-70/h5,7,11,13,17-18,20-21,23-24,26-27,29-30,46,48,54-58,60-71,73-76,78-84H,3-4,6,8-10,12,14-16,19,22,25,28,31-45,47,49-53H2,1-2H3,(H,72,77)/b7-5-,13-11-,18-17-,21-20-,24-23-,27-26-,30-29-,48-46+. The van der Waals surface area contributed by atoms with Crippen molar-refractivity contribution in [1.29, 1.82) is 0 Å². The van der Waals surface area contributed by atoms with E-state index in [1.165, 1.54) is 83.5 Å². The van der Waals surface area contributed by atoms with E-state index in [9.17, 15) is 61.0 Å². The fourth-order valence-corrected chi connectivity index (χ4v) is 11.1. The van der Waals surface area contributed by atoms with Gasteiger partial charge in [0.1, 0.15) is 73.2 Å². The molecule has 12 N–H and O–H groups in total. The number of allylic oxidation sites excluding steroid dienone is 15. The monoisotopic (exact) mass is 1280 g/mol. The second-order valence-electron chi connectivity index (χ2n) is 24.3. The highest BCUT2D eigenvalue weighted by molar-refractivity contribution is 5.76. The molecule has 0 aliphatic carbocycles. The molecule has 0 aromatic heterocycles. The van der Waals surface area contributed by atoms with Crippen molar-refractivity contribution in [3.05, 3.63) is 97.2 Å². The van der Waals surface area contributed by atoms with Crippen LogP contribution < -0.4 is 5.32 Å². The van der Waals surface area contributed by atoms with E-state index < -0.39 is 124 Å². The Morgan fingerprint density at radius 2 is 0.767 bits per heavy atom. The third-order valence-corrected chi connectivity index (χ3v) is 16.6. The van der Waals surface area contributed by atoms with E-state index in [2.05, 4.69) is 104 Å². The molecule has 3 rings (SSSR count). The number of carbonyl (C=O) groups is 1. The molecule has 3 saturated heterocycles. The number of carbonyl (C=O) groups excluding carboxylic acids is 1. The summed E-state index contributed by atoms with van der Waals surface area (Å²) in [6, 6.07) is -0.979. The van der Waals surface area contributed by atoms with Crippen LogP contribution in [-0.4, -0.2) is 193 Å². The number of amides is 1. The molecular weight excluding hydrogens is 1150 g/mol. The van der Waals surface area contributed by atoms with E-state index in [0.29, 0.717) is 6.42 Å². The molecule has 19 heteroatoms. The summed E-state index contributed by atoms with van der Waals surface area (Å²) in [6.07, 6.45) is 41.1. The lowest BCUT2D eigenvalue weighted by atomic mass is 9.96. The van der Waals surface area contributed by atoms with E-state index >= 15 is 0 Å². The summed E-state index contributed by atoms with van der Waals surface area (Å²) in [4.78, 5) is 13.4. The minimum atomic E-state index is -1.98. The van der Waals surface area contributed by atoms with Gasteiger partial charge in [0.05, 0.1) is 38.6 Å². The highest BCUT2D eigenvalue weighted by atomic mass is 16.8. The molecule has 19 nitrogen and oxygen atoms in total. The highest BCUT2D eigenvalue weighted by Crippen LogP contribution is 2.33. The van der Waals surface area contributed by atoms with Gasteiger partial charge in [-0.05, 0) is 77.0 Å². The first-order valence-corrected chi connectivity index (χ1v) is 34.5. The molecule has 0 spiro atoms. The van der Waals surface area contributed by atoms with E-state index in [1.54, 1.807) is 6.08 Å². The summed E-state index contributed by atoms with van der Waals surface area (Å²) in [5.41, 5.74) is 0. The zero-order chi connectivity index (χ0) is 65.4. The summed E-state index contributed by atoms with van der Waals surface area (Å²) in [6.45, 7) is 1.58. The first-order chi connectivity index (χ1) is 43.8. The molecule has 3 fully saturated rings. The molecule has 0 bridgehead atoms. The van der Waals surface area contributed by atoms with Gasteiger partial charge in [0.2, 0.25) is 5.91 Å². The molecule has 0 saturated carbocycles. The lowest BCUT2D eigenvalue weighted by molar-refractivity contribution is -0.379. The van der Waals surface area contributed by atoms with Crippen LogP contribution in [0.1, 0.15) is 213 Å². The van der Waals surface area contributed by atoms with Gasteiger partial charge in [-0.25, -0.2) is 0 Å². The van der Waals surface area contributed by atoms with Gasteiger partial charge < -0.3 is 89.9 Å².